The van der Waals surface area contributed by atoms with Gasteiger partial charge in [0.15, 0.2) is 0 Å². The van der Waals surface area contributed by atoms with Crippen LogP contribution >= 0.6 is 0 Å². The van der Waals surface area contributed by atoms with Gasteiger partial charge in [0.1, 0.15) is 5.92 Å². The van der Waals surface area contributed by atoms with Gasteiger partial charge in [0, 0.05) is 17.9 Å². The highest BCUT2D eigenvalue weighted by Gasteiger charge is 2.35. The van der Waals surface area contributed by atoms with Crippen LogP contribution in [0.25, 0.3) is 0 Å². The molecule has 34 heavy (non-hydrogen) atoms. The Kier molecular flexibility index (Phi) is 6.81. The van der Waals surface area contributed by atoms with Gasteiger partial charge in [0.05, 0.1) is 17.7 Å². The highest BCUT2D eigenvalue weighted by atomic mass is 32.2. The van der Waals surface area contributed by atoms with E-state index in [-0.39, 0.29) is 5.91 Å². The molecule has 3 aromatic carbocycles. The fourth-order valence-electron chi connectivity index (χ4n) is 3.94. The molecule has 1 heterocycles. The Hall–Kier alpha value is -3.49. The number of hydrogen-bond acceptors (Lipinski definition) is 5. The topological polar surface area (TPSA) is 90.9 Å². The molecule has 2 N–H and O–H groups in total. The molecule has 0 fully saturated rings. The average Bonchev–Trinajstić information content (AvgIpc) is 3.11. The number of benzene rings is 3. The summed E-state index contributed by atoms with van der Waals surface area (Å²) < 4.78 is 26.0. The largest absolute Gasteiger partial charge is 0.325 e. The fraction of sp³-hybridized carbons (Fsp3) is 0.231. The molecule has 176 valence electrons. The number of nitrogens with zero attached hydrogens (tertiary/aromatic N) is 2. The van der Waals surface area contributed by atoms with Crippen LogP contribution in [0, 0.1) is 0 Å². The van der Waals surface area contributed by atoms with Gasteiger partial charge in [0.25, 0.3) is 0 Å². The number of carbonyl (C=O) groups is 1. The molecule has 1 amide bonds. The quantitative estimate of drug-likeness (QED) is 0.481. The van der Waals surface area contributed by atoms with E-state index in [1.165, 1.54) is 5.56 Å². The zero-order valence-electron chi connectivity index (χ0n) is 19.4. The Morgan fingerprint density at radius 1 is 1.03 bits per heavy atom. The smallest absolute Gasteiger partial charge is 0.238 e. The summed E-state index contributed by atoms with van der Waals surface area (Å²) in [5.41, 5.74) is 5.14. The second-order valence-electron chi connectivity index (χ2n) is 8.68. The van der Waals surface area contributed by atoms with E-state index in [4.69, 9.17) is 4.99 Å². The molecular formula is C26H28N4O3S. The molecule has 0 bridgehead atoms. The van der Waals surface area contributed by atoms with E-state index < -0.39 is 15.9 Å². The minimum atomic E-state index is -3.45. The zero-order valence-corrected chi connectivity index (χ0v) is 20.3. The lowest BCUT2D eigenvalue weighted by Crippen LogP contribution is -2.22. The first-order valence-electron chi connectivity index (χ1n) is 11.0. The SMILES string of the molecule is CN(C)CCc1ccc(N=C(c2ccccc2)C2C(=O)Nc3ccc(NS(C)(=O)=O)cc32)cc1. The Morgan fingerprint density at radius 2 is 1.74 bits per heavy atom. The predicted molar refractivity (Wildman–Crippen MR) is 138 cm³/mol. The molecule has 1 aliphatic rings. The number of fused-ring (bicyclic) bond motifs is 1. The number of hydrogen-bond donors (Lipinski definition) is 2. The maximum atomic E-state index is 13.1. The molecule has 0 saturated carbocycles. The van der Waals surface area contributed by atoms with E-state index in [1.807, 2.05) is 56.6 Å². The molecule has 3 aromatic rings. The summed E-state index contributed by atoms with van der Waals surface area (Å²) in [6, 6.07) is 22.7. The van der Waals surface area contributed by atoms with Crippen LogP contribution in [0.3, 0.4) is 0 Å². The van der Waals surface area contributed by atoms with Gasteiger partial charge in [-0.25, -0.2) is 8.42 Å². The third-order valence-electron chi connectivity index (χ3n) is 5.56. The molecule has 1 atom stereocenters. The van der Waals surface area contributed by atoms with Crippen molar-refractivity contribution in [3.05, 3.63) is 89.5 Å². The lowest BCUT2D eigenvalue weighted by Gasteiger charge is -2.15. The fourth-order valence-corrected chi connectivity index (χ4v) is 4.50. The number of anilines is 2. The van der Waals surface area contributed by atoms with Gasteiger partial charge in [-0.1, -0.05) is 42.5 Å². The van der Waals surface area contributed by atoms with Crippen LogP contribution in [0.4, 0.5) is 17.1 Å². The van der Waals surface area contributed by atoms with Crippen molar-refractivity contribution in [1.82, 2.24) is 4.90 Å². The minimum Gasteiger partial charge on any atom is -0.325 e. The van der Waals surface area contributed by atoms with Crippen LogP contribution in [0.2, 0.25) is 0 Å². The van der Waals surface area contributed by atoms with Crippen molar-refractivity contribution >= 4 is 38.7 Å². The first kappa shape index (κ1) is 23.7. The van der Waals surface area contributed by atoms with Crippen molar-refractivity contribution in [2.24, 2.45) is 4.99 Å². The highest BCUT2D eigenvalue weighted by Crippen LogP contribution is 2.38. The van der Waals surface area contributed by atoms with E-state index in [0.29, 0.717) is 22.6 Å². The van der Waals surface area contributed by atoms with Gasteiger partial charge < -0.3 is 10.2 Å². The molecule has 0 aliphatic carbocycles. The second-order valence-corrected chi connectivity index (χ2v) is 10.4. The predicted octanol–water partition coefficient (Wildman–Crippen LogP) is 4.02. The second kappa shape index (κ2) is 9.79. The summed E-state index contributed by atoms with van der Waals surface area (Å²) in [6.45, 7) is 0.959. The first-order valence-corrected chi connectivity index (χ1v) is 12.9. The summed E-state index contributed by atoms with van der Waals surface area (Å²) in [6.07, 6.45) is 2.04. The van der Waals surface area contributed by atoms with Crippen LogP contribution in [-0.2, 0) is 21.2 Å². The molecule has 0 spiro atoms. The summed E-state index contributed by atoms with van der Waals surface area (Å²) in [4.78, 5) is 20.1. The number of amides is 1. The number of nitrogens with one attached hydrogen (secondary N) is 2. The van der Waals surface area contributed by atoms with Gasteiger partial charge in [-0.3, -0.25) is 14.5 Å². The van der Waals surface area contributed by atoms with Crippen molar-refractivity contribution < 1.29 is 13.2 Å². The van der Waals surface area contributed by atoms with E-state index >= 15 is 0 Å². The number of carbonyl (C=O) groups excluding carboxylic acids is 1. The Morgan fingerprint density at radius 3 is 2.38 bits per heavy atom. The number of sulfonamides is 1. The molecule has 8 heteroatoms. The van der Waals surface area contributed by atoms with Gasteiger partial charge in [-0.05, 0) is 67.5 Å². The highest BCUT2D eigenvalue weighted by molar-refractivity contribution is 7.92. The molecule has 1 unspecified atom stereocenters. The van der Waals surface area contributed by atoms with Gasteiger partial charge >= 0.3 is 0 Å². The Labute approximate surface area is 200 Å². The van der Waals surface area contributed by atoms with E-state index in [0.717, 1.165) is 30.5 Å². The first-order chi connectivity index (χ1) is 16.2. The lowest BCUT2D eigenvalue weighted by molar-refractivity contribution is -0.115. The minimum absolute atomic E-state index is 0.197. The van der Waals surface area contributed by atoms with Crippen LogP contribution in [0.15, 0.2) is 77.8 Å². The van der Waals surface area contributed by atoms with E-state index in [9.17, 15) is 13.2 Å². The van der Waals surface area contributed by atoms with Crippen molar-refractivity contribution in [3.63, 3.8) is 0 Å². The Balaban J connectivity index is 1.75. The number of aliphatic imine (C=N–C) groups is 1. The standard InChI is InChI=1S/C26H28N4O3S/c1-30(2)16-15-18-9-11-20(12-10-18)27-25(19-7-5-4-6-8-19)24-22-17-21(29-34(3,32)33)13-14-23(22)28-26(24)31/h4-14,17,24,29H,15-16H2,1-3H3,(H,28,31). The van der Waals surface area contributed by atoms with E-state index in [1.54, 1.807) is 18.2 Å². The maximum absolute atomic E-state index is 13.1. The maximum Gasteiger partial charge on any atom is 0.238 e. The van der Waals surface area contributed by atoms with Crippen LogP contribution < -0.4 is 10.0 Å². The summed E-state index contributed by atoms with van der Waals surface area (Å²) >= 11 is 0. The molecule has 0 saturated heterocycles. The normalized spacial score (nSPS) is 15.8. The summed E-state index contributed by atoms with van der Waals surface area (Å²) in [7, 11) is 0.646. The van der Waals surface area contributed by atoms with Gasteiger partial charge in [0.2, 0.25) is 15.9 Å². The Bertz CT molecular complexity index is 1320. The third-order valence-corrected chi connectivity index (χ3v) is 6.17. The molecule has 4 rings (SSSR count). The van der Waals surface area contributed by atoms with Gasteiger partial charge in [-0.2, -0.15) is 0 Å². The lowest BCUT2D eigenvalue weighted by atomic mass is 9.90. The number of rotatable bonds is 8. The average molecular weight is 477 g/mol. The third kappa shape index (κ3) is 5.70. The molecule has 7 nitrogen and oxygen atoms in total. The van der Waals surface area contributed by atoms with Gasteiger partial charge in [-0.15, -0.1) is 0 Å². The van der Waals surface area contributed by atoms with Crippen molar-refractivity contribution in [2.45, 2.75) is 12.3 Å². The summed E-state index contributed by atoms with van der Waals surface area (Å²) in [5.74, 6) is -0.871. The molecular weight excluding hydrogens is 448 g/mol. The van der Waals surface area contributed by atoms with Crippen LogP contribution in [-0.4, -0.2) is 51.8 Å². The van der Waals surface area contributed by atoms with E-state index in [2.05, 4.69) is 27.1 Å². The number of likely N-dealkylation sites (N-methyl/N-ethyl adjacent to an activating group) is 1. The van der Waals surface area contributed by atoms with Crippen LogP contribution in [0.5, 0.6) is 0 Å². The van der Waals surface area contributed by atoms with Crippen molar-refractivity contribution in [3.8, 4) is 0 Å². The van der Waals surface area contributed by atoms with Crippen molar-refractivity contribution in [2.75, 3.05) is 36.9 Å². The molecule has 1 aliphatic heterocycles. The zero-order chi connectivity index (χ0) is 24.3. The molecule has 0 aromatic heterocycles. The monoisotopic (exact) mass is 476 g/mol. The summed E-state index contributed by atoms with van der Waals surface area (Å²) in [5, 5.41) is 2.91. The molecule has 0 radical (unpaired) electrons. The van der Waals surface area contributed by atoms with Crippen molar-refractivity contribution in [1.29, 1.82) is 0 Å². The van der Waals surface area contributed by atoms with Crippen LogP contribution in [0.1, 0.15) is 22.6 Å².